The van der Waals surface area contributed by atoms with E-state index in [1.54, 1.807) is 18.9 Å². The summed E-state index contributed by atoms with van der Waals surface area (Å²) in [5.74, 6) is -0.228. The van der Waals surface area contributed by atoms with Gasteiger partial charge in [0.05, 0.1) is 11.5 Å². The van der Waals surface area contributed by atoms with Gasteiger partial charge in [-0.1, -0.05) is 11.3 Å². The predicted molar refractivity (Wildman–Crippen MR) is 68.6 cm³/mol. The highest BCUT2D eigenvalue weighted by atomic mass is 32.2. The summed E-state index contributed by atoms with van der Waals surface area (Å²) in [6, 6.07) is -0.321. The molecule has 1 aliphatic rings. The number of nitrogens with one attached hydrogen (secondary N) is 1. The second-order valence-electron chi connectivity index (χ2n) is 4.12. The molecule has 0 aromatic carbocycles. The van der Waals surface area contributed by atoms with Crippen LogP contribution in [-0.4, -0.2) is 60.6 Å². The molecule has 0 aliphatic carbocycles. The van der Waals surface area contributed by atoms with Crippen molar-refractivity contribution in [2.45, 2.75) is 13.0 Å². The fraction of sp³-hybridized carbons (Fsp3) is 0.667. The zero-order valence-corrected chi connectivity index (χ0v) is 11.7. The lowest BCUT2D eigenvalue weighted by molar-refractivity contribution is 0.0711. The maximum absolute atomic E-state index is 12.2. The Bertz CT molecular complexity index is 554. The minimum atomic E-state index is -3.02. The molecule has 1 N–H and O–H groups in total. The van der Waals surface area contributed by atoms with Crippen molar-refractivity contribution >= 4 is 32.2 Å². The largest absolute Gasteiger partial charge is 0.363 e. The van der Waals surface area contributed by atoms with Crippen LogP contribution in [0.4, 0.5) is 5.13 Å². The first-order valence-corrected chi connectivity index (χ1v) is 8.09. The Kier molecular flexibility index (Phi) is 3.53. The monoisotopic (exact) mass is 290 g/mol. The van der Waals surface area contributed by atoms with Crippen molar-refractivity contribution in [2.75, 3.05) is 30.4 Å². The Hall–Kier alpha value is -1.22. The fourth-order valence-electron chi connectivity index (χ4n) is 1.83. The summed E-state index contributed by atoms with van der Waals surface area (Å²) in [6.07, 6.45) is 0. The van der Waals surface area contributed by atoms with Crippen LogP contribution in [0.3, 0.4) is 0 Å². The molecule has 0 radical (unpaired) electrons. The lowest BCUT2D eigenvalue weighted by Gasteiger charge is -2.32. The third-order valence-corrected chi connectivity index (χ3v) is 5.48. The maximum atomic E-state index is 12.2. The van der Waals surface area contributed by atoms with Crippen molar-refractivity contribution in [1.29, 1.82) is 0 Å². The van der Waals surface area contributed by atoms with Gasteiger partial charge in [-0.15, -0.1) is 10.2 Å². The van der Waals surface area contributed by atoms with Crippen molar-refractivity contribution in [3.8, 4) is 0 Å². The third-order valence-electron chi connectivity index (χ3n) is 2.75. The molecule has 1 unspecified atom stereocenters. The number of hydrogen-bond acceptors (Lipinski definition) is 7. The summed E-state index contributed by atoms with van der Waals surface area (Å²) < 4.78 is 22.9. The number of aromatic nitrogens is 2. The zero-order valence-electron chi connectivity index (χ0n) is 10.1. The van der Waals surface area contributed by atoms with Gasteiger partial charge in [0.2, 0.25) is 10.1 Å². The van der Waals surface area contributed by atoms with Gasteiger partial charge in [0.1, 0.15) is 0 Å². The smallest absolute Gasteiger partial charge is 0.285 e. The van der Waals surface area contributed by atoms with E-state index in [4.69, 9.17) is 0 Å². The third kappa shape index (κ3) is 2.61. The van der Waals surface area contributed by atoms with Crippen LogP contribution in [0.1, 0.15) is 16.7 Å². The van der Waals surface area contributed by atoms with Crippen LogP contribution < -0.4 is 5.32 Å². The van der Waals surface area contributed by atoms with Crippen LogP contribution in [0.5, 0.6) is 0 Å². The summed E-state index contributed by atoms with van der Waals surface area (Å²) in [6.45, 7) is 1.95. The molecule has 1 aromatic heterocycles. The molecular weight excluding hydrogens is 276 g/mol. The molecule has 1 amide bonds. The van der Waals surface area contributed by atoms with Crippen molar-refractivity contribution in [3.63, 3.8) is 0 Å². The van der Waals surface area contributed by atoms with E-state index in [0.29, 0.717) is 5.13 Å². The van der Waals surface area contributed by atoms with Crippen LogP contribution in [-0.2, 0) is 9.84 Å². The summed E-state index contributed by atoms with van der Waals surface area (Å²) in [4.78, 5) is 13.7. The normalized spacial score (nSPS) is 22.8. The van der Waals surface area contributed by atoms with E-state index >= 15 is 0 Å². The SMILES string of the molecule is CNc1nnc(C(=O)N2CCS(=O)(=O)CC2C)s1. The number of sulfone groups is 1. The van der Waals surface area contributed by atoms with Crippen molar-refractivity contribution < 1.29 is 13.2 Å². The van der Waals surface area contributed by atoms with Gasteiger partial charge in [-0.2, -0.15) is 0 Å². The first-order valence-electron chi connectivity index (χ1n) is 5.45. The molecule has 0 saturated carbocycles. The minimum Gasteiger partial charge on any atom is -0.363 e. The van der Waals surface area contributed by atoms with Gasteiger partial charge in [0, 0.05) is 19.6 Å². The van der Waals surface area contributed by atoms with Gasteiger partial charge in [-0.3, -0.25) is 4.79 Å². The van der Waals surface area contributed by atoms with Crippen LogP contribution >= 0.6 is 11.3 Å². The summed E-state index contributed by atoms with van der Waals surface area (Å²) in [7, 11) is -1.32. The van der Waals surface area contributed by atoms with Crippen LogP contribution in [0.25, 0.3) is 0 Å². The van der Waals surface area contributed by atoms with E-state index in [9.17, 15) is 13.2 Å². The highest BCUT2D eigenvalue weighted by Gasteiger charge is 2.33. The highest BCUT2D eigenvalue weighted by molar-refractivity contribution is 7.91. The quantitative estimate of drug-likeness (QED) is 0.813. The molecule has 100 valence electrons. The van der Waals surface area contributed by atoms with Gasteiger partial charge in [0.15, 0.2) is 9.84 Å². The van der Waals surface area contributed by atoms with Crippen molar-refractivity contribution in [1.82, 2.24) is 15.1 Å². The molecule has 2 heterocycles. The number of anilines is 1. The molecule has 9 heteroatoms. The van der Waals surface area contributed by atoms with E-state index in [0.717, 1.165) is 11.3 Å². The van der Waals surface area contributed by atoms with Gasteiger partial charge in [-0.05, 0) is 6.92 Å². The van der Waals surface area contributed by atoms with E-state index in [2.05, 4.69) is 15.5 Å². The average molecular weight is 290 g/mol. The maximum Gasteiger partial charge on any atom is 0.285 e. The molecule has 18 heavy (non-hydrogen) atoms. The summed E-state index contributed by atoms with van der Waals surface area (Å²) in [5.41, 5.74) is 0. The van der Waals surface area contributed by atoms with E-state index in [1.807, 2.05) is 0 Å². The Morgan fingerprint density at radius 1 is 1.50 bits per heavy atom. The topological polar surface area (TPSA) is 92.3 Å². The highest BCUT2D eigenvalue weighted by Crippen LogP contribution is 2.19. The Labute approximate surface area is 109 Å². The van der Waals surface area contributed by atoms with Crippen LogP contribution in [0, 0.1) is 0 Å². The first-order chi connectivity index (χ1) is 8.43. The average Bonchev–Trinajstić information content (AvgIpc) is 2.75. The van der Waals surface area contributed by atoms with Gasteiger partial charge >= 0.3 is 0 Å². The standard InChI is InChI=1S/C9H14N4O3S2/c1-6-5-18(15,16)4-3-13(6)8(14)7-11-12-9(10-2)17-7/h6H,3-5H2,1-2H3,(H,10,12). The molecule has 1 saturated heterocycles. The molecule has 1 atom stereocenters. The van der Waals surface area contributed by atoms with E-state index < -0.39 is 9.84 Å². The molecule has 0 bridgehead atoms. The Balaban J connectivity index is 2.14. The first kappa shape index (κ1) is 13.2. The van der Waals surface area contributed by atoms with Gasteiger partial charge < -0.3 is 10.2 Å². The Morgan fingerprint density at radius 2 is 2.22 bits per heavy atom. The van der Waals surface area contributed by atoms with Crippen LogP contribution in [0.2, 0.25) is 0 Å². The number of nitrogens with zero attached hydrogens (tertiary/aromatic N) is 3. The molecular formula is C9H14N4O3S2. The zero-order chi connectivity index (χ0) is 13.3. The molecule has 1 fully saturated rings. The number of rotatable bonds is 2. The second kappa shape index (κ2) is 4.81. The lowest BCUT2D eigenvalue weighted by atomic mass is 10.3. The number of hydrogen-bond donors (Lipinski definition) is 1. The molecule has 7 nitrogen and oxygen atoms in total. The van der Waals surface area contributed by atoms with Gasteiger partial charge in [-0.25, -0.2) is 8.42 Å². The summed E-state index contributed by atoms with van der Waals surface area (Å²) >= 11 is 1.16. The number of amides is 1. The van der Waals surface area contributed by atoms with Crippen LogP contribution in [0.15, 0.2) is 0 Å². The Morgan fingerprint density at radius 3 is 2.78 bits per heavy atom. The molecule has 0 spiro atoms. The lowest BCUT2D eigenvalue weighted by Crippen LogP contribution is -2.49. The summed E-state index contributed by atoms with van der Waals surface area (Å²) in [5, 5.41) is 11.3. The van der Waals surface area contributed by atoms with Gasteiger partial charge in [0.25, 0.3) is 5.91 Å². The fourth-order valence-corrected chi connectivity index (χ4v) is 4.04. The second-order valence-corrected chi connectivity index (χ2v) is 7.33. The van der Waals surface area contributed by atoms with Crippen molar-refractivity contribution in [2.24, 2.45) is 0 Å². The van der Waals surface area contributed by atoms with E-state index in [-0.39, 0.29) is 35.0 Å². The molecule has 1 aliphatic heterocycles. The molecule has 2 rings (SSSR count). The van der Waals surface area contributed by atoms with E-state index in [1.165, 1.54) is 0 Å². The molecule has 1 aromatic rings. The van der Waals surface area contributed by atoms with Crippen molar-refractivity contribution in [3.05, 3.63) is 5.01 Å². The predicted octanol–water partition coefficient (Wildman–Crippen LogP) is -0.161. The number of carbonyl (C=O) groups is 1. The number of carbonyl (C=O) groups excluding carboxylic acids is 1. The minimum absolute atomic E-state index is 0.0103.